The Labute approximate surface area is 315 Å². The highest BCUT2D eigenvalue weighted by Crippen LogP contribution is 2.53. The van der Waals surface area contributed by atoms with E-state index in [4.69, 9.17) is 4.42 Å². The minimum Gasteiger partial charge on any atom is -0.456 e. The van der Waals surface area contributed by atoms with Gasteiger partial charge in [-0.15, -0.1) is 0 Å². The molecule has 0 atom stereocenters. The molecule has 54 heavy (non-hydrogen) atoms. The van der Waals surface area contributed by atoms with E-state index in [0.717, 1.165) is 33.6 Å². The first-order chi connectivity index (χ1) is 26.3. The van der Waals surface area contributed by atoms with E-state index in [9.17, 15) is 0 Å². The molecular formula is C52H39NO. The maximum Gasteiger partial charge on any atom is 0.136 e. The topological polar surface area (TPSA) is 16.4 Å². The van der Waals surface area contributed by atoms with Crippen LogP contribution in [0.5, 0.6) is 0 Å². The SMILES string of the molecule is CC1(C)c2ccccc2-c2ccc(N(c3ccc(-c4ccc5oc6ccc7ccccc7c6c5c4)cc3)c3ccc4c(c3)C(C)(C)c3ccccc3-4)cc21. The number of fused-ring (bicyclic) bond motifs is 11. The lowest BCUT2D eigenvalue weighted by molar-refractivity contribution is 0.660. The molecular weight excluding hydrogens is 655 g/mol. The average Bonchev–Trinajstić information content (AvgIpc) is 3.78. The zero-order chi connectivity index (χ0) is 36.3. The molecule has 0 saturated heterocycles. The number of hydrogen-bond acceptors (Lipinski definition) is 2. The van der Waals surface area contributed by atoms with Crippen LogP contribution in [-0.2, 0) is 10.8 Å². The minimum atomic E-state index is -0.0970. The maximum absolute atomic E-state index is 6.33. The Morgan fingerprint density at radius 1 is 0.389 bits per heavy atom. The number of nitrogens with zero attached hydrogens (tertiary/aromatic N) is 1. The van der Waals surface area contributed by atoms with Gasteiger partial charge in [0.15, 0.2) is 0 Å². The minimum absolute atomic E-state index is 0.0970. The smallest absolute Gasteiger partial charge is 0.136 e. The van der Waals surface area contributed by atoms with Crippen LogP contribution in [0.25, 0.3) is 66.1 Å². The van der Waals surface area contributed by atoms with E-state index in [1.54, 1.807) is 0 Å². The van der Waals surface area contributed by atoms with Crippen LogP contribution in [0.15, 0.2) is 168 Å². The van der Waals surface area contributed by atoms with Crippen molar-refractivity contribution < 1.29 is 4.42 Å². The fourth-order valence-electron chi connectivity index (χ4n) is 9.64. The fourth-order valence-corrected chi connectivity index (χ4v) is 9.64. The molecule has 0 bridgehead atoms. The van der Waals surface area contributed by atoms with Crippen molar-refractivity contribution in [2.24, 2.45) is 0 Å². The number of rotatable bonds is 4. The van der Waals surface area contributed by atoms with Crippen molar-refractivity contribution in [2.75, 3.05) is 4.90 Å². The highest BCUT2D eigenvalue weighted by molar-refractivity contribution is 6.19. The summed E-state index contributed by atoms with van der Waals surface area (Å²) in [6.45, 7) is 9.44. The number of benzene rings is 8. The molecule has 8 aromatic carbocycles. The van der Waals surface area contributed by atoms with Crippen LogP contribution < -0.4 is 4.90 Å². The van der Waals surface area contributed by atoms with Crippen molar-refractivity contribution >= 4 is 49.8 Å². The summed E-state index contributed by atoms with van der Waals surface area (Å²) in [5.74, 6) is 0. The third-order valence-corrected chi connectivity index (χ3v) is 12.5. The Morgan fingerprint density at radius 2 is 0.907 bits per heavy atom. The van der Waals surface area contributed by atoms with E-state index in [-0.39, 0.29) is 10.8 Å². The van der Waals surface area contributed by atoms with Crippen LogP contribution in [0.4, 0.5) is 17.1 Å². The van der Waals surface area contributed by atoms with Gasteiger partial charge in [0.25, 0.3) is 0 Å². The largest absolute Gasteiger partial charge is 0.456 e. The van der Waals surface area contributed by atoms with Gasteiger partial charge in [0.2, 0.25) is 0 Å². The van der Waals surface area contributed by atoms with E-state index < -0.39 is 0 Å². The van der Waals surface area contributed by atoms with Crippen LogP contribution >= 0.6 is 0 Å². The molecule has 2 heteroatoms. The van der Waals surface area contributed by atoms with Crippen molar-refractivity contribution in [3.8, 4) is 33.4 Å². The van der Waals surface area contributed by atoms with Crippen LogP contribution in [0.1, 0.15) is 49.9 Å². The van der Waals surface area contributed by atoms with Gasteiger partial charge >= 0.3 is 0 Å². The second-order valence-electron chi connectivity index (χ2n) is 16.2. The Bertz CT molecular complexity index is 2890. The second-order valence-corrected chi connectivity index (χ2v) is 16.2. The normalized spacial score (nSPS) is 14.6. The first-order valence-corrected chi connectivity index (χ1v) is 19.0. The molecule has 0 amide bonds. The van der Waals surface area contributed by atoms with Crippen LogP contribution in [-0.4, -0.2) is 0 Å². The highest BCUT2D eigenvalue weighted by atomic mass is 16.3. The molecule has 2 aliphatic carbocycles. The Kier molecular flexibility index (Phi) is 6.39. The van der Waals surface area contributed by atoms with E-state index in [1.165, 1.54) is 71.8 Å². The zero-order valence-electron chi connectivity index (χ0n) is 30.9. The van der Waals surface area contributed by atoms with Crippen LogP contribution in [0.3, 0.4) is 0 Å². The molecule has 2 aliphatic rings. The lowest BCUT2D eigenvalue weighted by atomic mass is 9.82. The molecule has 0 fully saturated rings. The van der Waals surface area contributed by atoms with Gasteiger partial charge in [0.05, 0.1) is 0 Å². The molecule has 0 spiro atoms. The summed E-state index contributed by atoms with van der Waals surface area (Å²) in [6.07, 6.45) is 0. The first-order valence-electron chi connectivity index (χ1n) is 19.0. The Balaban J connectivity index is 1.05. The fraction of sp³-hybridized carbons (Fsp3) is 0.115. The average molecular weight is 694 g/mol. The van der Waals surface area contributed by atoms with Crippen molar-refractivity contribution in [1.82, 2.24) is 0 Å². The van der Waals surface area contributed by atoms with Crippen LogP contribution in [0.2, 0.25) is 0 Å². The predicted octanol–water partition coefficient (Wildman–Crippen LogP) is 14.5. The third kappa shape index (κ3) is 4.34. The summed E-state index contributed by atoms with van der Waals surface area (Å²) in [5.41, 5.74) is 18.3. The molecule has 1 heterocycles. The molecule has 0 unspecified atom stereocenters. The summed E-state index contributed by atoms with van der Waals surface area (Å²) in [4.78, 5) is 2.45. The summed E-state index contributed by atoms with van der Waals surface area (Å²) in [7, 11) is 0. The van der Waals surface area contributed by atoms with Crippen molar-refractivity contribution in [1.29, 1.82) is 0 Å². The summed E-state index contributed by atoms with van der Waals surface area (Å²) in [6, 6.07) is 60.4. The lowest BCUT2D eigenvalue weighted by Crippen LogP contribution is -2.18. The van der Waals surface area contributed by atoms with Gasteiger partial charge in [-0.2, -0.15) is 0 Å². The number of hydrogen-bond donors (Lipinski definition) is 0. The van der Waals surface area contributed by atoms with Gasteiger partial charge in [0.1, 0.15) is 11.2 Å². The summed E-state index contributed by atoms with van der Waals surface area (Å²) < 4.78 is 6.33. The van der Waals surface area contributed by atoms with Crippen molar-refractivity contribution in [3.05, 3.63) is 186 Å². The molecule has 258 valence electrons. The molecule has 2 nitrogen and oxygen atoms in total. The number of furan rings is 1. The molecule has 1 aromatic heterocycles. The highest BCUT2D eigenvalue weighted by Gasteiger charge is 2.37. The Hall–Kier alpha value is -6.38. The van der Waals surface area contributed by atoms with E-state index in [2.05, 4.69) is 196 Å². The molecule has 11 rings (SSSR count). The standard InChI is InChI=1S/C52H39NO/c1-51(2)44-15-9-7-13-39(44)41-25-23-36(30-46(41)51)53(37-24-26-42-40-14-8-10-16-45(40)52(3,4)47(42)31-37)35-21-17-32(18-22-35)34-20-27-48-43(29-34)50-38-12-6-5-11-33(38)19-28-49(50)54-48/h5-31H,1-4H3. The molecule has 0 saturated carbocycles. The summed E-state index contributed by atoms with van der Waals surface area (Å²) >= 11 is 0. The number of anilines is 3. The summed E-state index contributed by atoms with van der Waals surface area (Å²) in [5, 5.41) is 4.77. The second kappa shape index (κ2) is 11.1. The van der Waals surface area contributed by atoms with E-state index in [0.29, 0.717) is 0 Å². The zero-order valence-corrected chi connectivity index (χ0v) is 30.9. The van der Waals surface area contributed by atoms with Crippen molar-refractivity contribution in [3.63, 3.8) is 0 Å². The van der Waals surface area contributed by atoms with Gasteiger partial charge in [-0.1, -0.05) is 137 Å². The van der Waals surface area contributed by atoms with Gasteiger partial charge in [-0.3, -0.25) is 0 Å². The van der Waals surface area contributed by atoms with Crippen LogP contribution in [0, 0.1) is 0 Å². The lowest BCUT2D eigenvalue weighted by Gasteiger charge is -2.30. The third-order valence-electron chi connectivity index (χ3n) is 12.5. The first kappa shape index (κ1) is 31.2. The Morgan fingerprint density at radius 3 is 1.56 bits per heavy atom. The van der Waals surface area contributed by atoms with Gasteiger partial charge in [0, 0.05) is 38.7 Å². The van der Waals surface area contributed by atoms with Gasteiger partial charge < -0.3 is 9.32 Å². The van der Waals surface area contributed by atoms with Gasteiger partial charge in [-0.25, -0.2) is 0 Å². The molecule has 0 aliphatic heterocycles. The quantitative estimate of drug-likeness (QED) is 0.182. The molecule has 0 radical (unpaired) electrons. The van der Waals surface area contributed by atoms with Crippen molar-refractivity contribution in [2.45, 2.75) is 38.5 Å². The van der Waals surface area contributed by atoms with E-state index >= 15 is 0 Å². The monoisotopic (exact) mass is 693 g/mol. The van der Waals surface area contributed by atoms with Gasteiger partial charge in [-0.05, 0) is 121 Å². The maximum atomic E-state index is 6.33. The molecule has 0 N–H and O–H groups in total. The van der Waals surface area contributed by atoms with E-state index in [1.807, 2.05) is 0 Å². The molecule has 9 aromatic rings. The predicted molar refractivity (Wildman–Crippen MR) is 226 cm³/mol.